The Labute approximate surface area is 211 Å². The molecule has 0 aliphatic carbocycles. The van der Waals surface area contributed by atoms with E-state index in [1.807, 2.05) is 30.3 Å². The van der Waals surface area contributed by atoms with Crippen LogP contribution in [0.3, 0.4) is 0 Å². The van der Waals surface area contributed by atoms with E-state index in [-0.39, 0.29) is 10.8 Å². The average molecular weight is 504 g/mol. The number of sulfonamides is 1. The molecular weight excluding hydrogens is 474 g/mol. The maximum atomic E-state index is 13.0. The molecule has 0 amide bonds. The number of piperazine rings is 1. The quantitative estimate of drug-likeness (QED) is 0.469. The van der Waals surface area contributed by atoms with Gasteiger partial charge in [0.25, 0.3) is 0 Å². The number of nitrogens with zero attached hydrogens (tertiary/aromatic N) is 4. The van der Waals surface area contributed by atoms with Crippen LogP contribution in [-0.4, -0.2) is 62.0 Å². The third-order valence-corrected chi connectivity index (χ3v) is 8.51. The van der Waals surface area contributed by atoms with Crippen molar-refractivity contribution in [3.63, 3.8) is 0 Å². The second kappa shape index (κ2) is 10.7. The lowest BCUT2D eigenvalue weighted by atomic mass is 9.95. The van der Waals surface area contributed by atoms with E-state index < -0.39 is 10.0 Å². The summed E-state index contributed by atoms with van der Waals surface area (Å²) >= 11 is 0. The Hall–Kier alpha value is -3.36. The molecule has 2 saturated heterocycles. The number of rotatable bonds is 6. The Morgan fingerprint density at radius 1 is 0.972 bits per heavy atom. The van der Waals surface area contributed by atoms with Gasteiger partial charge in [-0.2, -0.15) is 9.57 Å². The highest BCUT2D eigenvalue weighted by Gasteiger charge is 2.26. The first kappa shape index (κ1) is 24.3. The highest BCUT2D eigenvalue weighted by molar-refractivity contribution is 7.89. The number of hydrogen-bond donors (Lipinski definition) is 3. The van der Waals surface area contributed by atoms with Gasteiger partial charge < -0.3 is 16.0 Å². The molecule has 0 radical (unpaired) electrons. The van der Waals surface area contributed by atoms with Gasteiger partial charge in [0.2, 0.25) is 16.0 Å². The molecule has 10 heteroatoms. The van der Waals surface area contributed by atoms with Crippen LogP contribution in [0.2, 0.25) is 0 Å². The number of piperidine rings is 1. The van der Waals surface area contributed by atoms with E-state index >= 15 is 0 Å². The minimum Gasteiger partial charge on any atom is -0.324 e. The number of benzene rings is 2. The van der Waals surface area contributed by atoms with Crippen molar-refractivity contribution in [2.45, 2.75) is 23.7 Å². The minimum atomic E-state index is -3.52. The molecule has 3 aromatic rings. The number of hydrogen-bond acceptors (Lipinski definition) is 8. The topological polar surface area (TPSA) is 123 Å². The van der Waals surface area contributed by atoms with Crippen molar-refractivity contribution >= 4 is 21.7 Å². The summed E-state index contributed by atoms with van der Waals surface area (Å²) < 4.78 is 27.6. The lowest BCUT2D eigenvalue weighted by molar-refractivity contribution is 0.360. The third kappa shape index (κ3) is 5.39. The molecule has 3 heterocycles. The largest absolute Gasteiger partial charge is 0.324 e. The van der Waals surface area contributed by atoms with Crippen molar-refractivity contribution in [2.75, 3.05) is 44.6 Å². The summed E-state index contributed by atoms with van der Waals surface area (Å²) in [6.07, 6.45) is 2.13. The fraction of sp³-hybridized carbons (Fsp3) is 0.346. The van der Waals surface area contributed by atoms with Crippen LogP contribution in [0.1, 0.15) is 30.0 Å². The Kier molecular flexibility index (Phi) is 7.25. The highest BCUT2D eigenvalue weighted by Crippen LogP contribution is 2.29. The van der Waals surface area contributed by atoms with Crippen molar-refractivity contribution < 1.29 is 8.42 Å². The zero-order valence-corrected chi connectivity index (χ0v) is 20.8. The molecule has 0 bridgehead atoms. The molecule has 2 aliphatic heterocycles. The van der Waals surface area contributed by atoms with E-state index in [0.29, 0.717) is 37.7 Å². The molecule has 36 heavy (non-hydrogen) atoms. The molecule has 1 aromatic heterocycles. The van der Waals surface area contributed by atoms with E-state index in [2.05, 4.69) is 22.0 Å². The van der Waals surface area contributed by atoms with Crippen LogP contribution in [0.5, 0.6) is 0 Å². The normalized spacial score (nSPS) is 18.9. The molecule has 2 aliphatic rings. The van der Waals surface area contributed by atoms with Gasteiger partial charge in [0.05, 0.1) is 27.9 Å². The van der Waals surface area contributed by atoms with Crippen LogP contribution in [0.4, 0.5) is 11.6 Å². The standard InChI is InChI=1S/C26H29N7O2S/c27-17-19-3-7-22(8-4-19)30-26-31-24(16-25(32-26)21-2-1-11-29-18-21)20-5-9-23(10-6-20)36(34,35)33-14-12-28-13-15-33/h3-10,16,21,28-29H,1-2,11-15,18H2,(H,30,31,32). The fourth-order valence-corrected chi connectivity index (χ4v) is 6.01. The first-order valence-electron chi connectivity index (χ1n) is 12.2. The lowest BCUT2D eigenvalue weighted by Crippen LogP contribution is -2.46. The fourth-order valence-electron chi connectivity index (χ4n) is 4.57. The lowest BCUT2D eigenvalue weighted by Gasteiger charge is -2.26. The van der Waals surface area contributed by atoms with Gasteiger partial charge in [0.15, 0.2) is 0 Å². The van der Waals surface area contributed by atoms with Crippen LogP contribution in [0.25, 0.3) is 11.3 Å². The summed E-state index contributed by atoms with van der Waals surface area (Å²) in [6.45, 7) is 4.12. The molecule has 9 nitrogen and oxygen atoms in total. The Bertz CT molecular complexity index is 1340. The van der Waals surface area contributed by atoms with Gasteiger partial charge in [0, 0.05) is 49.9 Å². The van der Waals surface area contributed by atoms with E-state index in [4.69, 9.17) is 15.2 Å². The smallest absolute Gasteiger partial charge is 0.243 e. The van der Waals surface area contributed by atoms with Crippen molar-refractivity contribution in [1.82, 2.24) is 24.9 Å². The summed E-state index contributed by atoms with van der Waals surface area (Å²) in [4.78, 5) is 9.83. The van der Waals surface area contributed by atoms with E-state index in [1.54, 1.807) is 24.3 Å². The zero-order valence-electron chi connectivity index (χ0n) is 19.9. The molecule has 2 fully saturated rings. The summed E-state index contributed by atoms with van der Waals surface area (Å²) in [7, 11) is -3.52. The Balaban J connectivity index is 1.45. The summed E-state index contributed by atoms with van der Waals surface area (Å²) in [5.74, 6) is 0.740. The second-order valence-electron chi connectivity index (χ2n) is 9.04. The van der Waals surface area contributed by atoms with Crippen LogP contribution in [0.15, 0.2) is 59.5 Å². The summed E-state index contributed by atoms with van der Waals surface area (Å²) in [6, 6.07) is 18.2. The molecule has 1 unspecified atom stereocenters. The van der Waals surface area contributed by atoms with Crippen LogP contribution in [-0.2, 0) is 10.0 Å². The average Bonchev–Trinajstić information content (AvgIpc) is 2.94. The molecule has 1 atom stereocenters. The SMILES string of the molecule is N#Cc1ccc(Nc2nc(-c3ccc(S(=O)(=O)N4CCNCC4)cc3)cc(C3CCCNC3)n2)cc1. The maximum absolute atomic E-state index is 13.0. The first-order valence-corrected chi connectivity index (χ1v) is 13.7. The first-order chi connectivity index (χ1) is 17.5. The van der Waals surface area contributed by atoms with E-state index in [1.165, 1.54) is 4.31 Å². The molecule has 186 valence electrons. The molecular formula is C26H29N7O2S. The summed E-state index contributed by atoms with van der Waals surface area (Å²) in [5.41, 5.74) is 3.87. The maximum Gasteiger partial charge on any atom is 0.243 e. The number of nitrogens with one attached hydrogen (secondary N) is 3. The number of nitriles is 1. The molecule has 2 aromatic carbocycles. The molecule has 3 N–H and O–H groups in total. The minimum absolute atomic E-state index is 0.273. The van der Waals surface area contributed by atoms with E-state index in [9.17, 15) is 8.42 Å². The second-order valence-corrected chi connectivity index (χ2v) is 11.0. The highest BCUT2D eigenvalue weighted by atomic mass is 32.2. The molecule has 0 saturated carbocycles. The van der Waals surface area contributed by atoms with Crippen molar-refractivity contribution in [3.8, 4) is 17.3 Å². The van der Waals surface area contributed by atoms with Crippen molar-refractivity contribution in [1.29, 1.82) is 5.26 Å². The summed E-state index contributed by atoms with van der Waals surface area (Å²) in [5, 5.41) is 19.0. The van der Waals surface area contributed by atoms with Crippen molar-refractivity contribution in [2.24, 2.45) is 0 Å². The zero-order chi connectivity index (χ0) is 25.0. The van der Waals surface area contributed by atoms with E-state index in [0.717, 1.165) is 48.6 Å². The monoisotopic (exact) mass is 503 g/mol. The van der Waals surface area contributed by atoms with Gasteiger partial charge in [0.1, 0.15) is 0 Å². The predicted molar refractivity (Wildman–Crippen MR) is 138 cm³/mol. The third-order valence-electron chi connectivity index (χ3n) is 6.60. The Morgan fingerprint density at radius 2 is 1.72 bits per heavy atom. The van der Waals surface area contributed by atoms with Gasteiger partial charge in [-0.25, -0.2) is 18.4 Å². The number of aromatic nitrogens is 2. The van der Waals surface area contributed by atoms with Crippen molar-refractivity contribution in [3.05, 3.63) is 65.9 Å². The molecule has 0 spiro atoms. The van der Waals surface area contributed by atoms with Gasteiger partial charge >= 0.3 is 0 Å². The van der Waals surface area contributed by atoms with Crippen LogP contribution >= 0.6 is 0 Å². The number of anilines is 2. The van der Waals surface area contributed by atoms with Crippen LogP contribution in [0, 0.1) is 11.3 Å². The van der Waals surface area contributed by atoms with Crippen LogP contribution < -0.4 is 16.0 Å². The van der Waals surface area contributed by atoms with Gasteiger partial charge in [-0.15, -0.1) is 0 Å². The van der Waals surface area contributed by atoms with Gasteiger partial charge in [-0.3, -0.25) is 0 Å². The molecule has 5 rings (SSSR count). The van der Waals surface area contributed by atoms with Gasteiger partial charge in [-0.1, -0.05) is 12.1 Å². The predicted octanol–water partition coefficient (Wildman–Crippen LogP) is 2.82. The van der Waals surface area contributed by atoms with Gasteiger partial charge in [-0.05, 0) is 61.9 Å². The Morgan fingerprint density at radius 3 is 2.39 bits per heavy atom.